The Morgan fingerprint density at radius 2 is 1.11 bits per heavy atom. The summed E-state index contributed by atoms with van der Waals surface area (Å²) < 4.78 is 68.7. The molecule has 0 aliphatic carbocycles. The predicted octanol–water partition coefficient (Wildman–Crippen LogP) is 3.15. The molecule has 4 aromatic rings. The third kappa shape index (κ3) is 7.12. The fraction of sp³-hybridized carbons (Fsp3) is 0.130. The number of benzene rings is 2. The van der Waals surface area contributed by atoms with Crippen molar-refractivity contribution in [2.45, 2.75) is 5.51 Å². The predicted molar refractivity (Wildman–Crippen MR) is 126 cm³/mol. The molecule has 38 heavy (non-hydrogen) atoms. The Balaban J connectivity index is 0.000000633. The van der Waals surface area contributed by atoms with Crippen LogP contribution in [0.1, 0.15) is 20.7 Å². The first-order chi connectivity index (χ1) is 16.9. The number of hydrogen-bond acceptors (Lipinski definition) is 9. The van der Waals surface area contributed by atoms with Crippen LogP contribution in [-0.2, 0) is 47.4 Å². The molecule has 10 nitrogen and oxygen atoms in total. The zero-order valence-electron chi connectivity index (χ0n) is 19.4. The van der Waals surface area contributed by atoms with Crippen molar-refractivity contribution < 1.29 is 73.1 Å². The summed E-state index contributed by atoms with van der Waals surface area (Å²) in [7, 11) is -3.42. The number of carbonyl (C=O) groups excluding carboxylic acids is 2. The Labute approximate surface area is 229 Å². The molecule has 0 unspecified atom stereocenters. The first-order valence-corrected chi connectivity index (χ1v) is 11.3. The molecular weight excluding hydrogens is 629 g/mol. The molecule has 0 spiro atoms. The van der Waals surface area contributed by atoms with Gasteiger partial charge in [-0.05, 0) is 24.3 Å². The van der Waals surface area contributed by atoms with Crippen LogP contribution in [0.25, 0.3) is 33.2 Å². The molecule has 0 radical (unpaired) electrons. The van der Waals surface area contributed by atoms with Gasteiger partial charge in [0.05, 0.1) is 47.8 Å². The van der Waals surface area contributed by atoms with E-state index in [1.165, 1.54) is 14.2 Å². The van der Waals surface area contributed by atoms with E-state index in [0.717, 1.165) is 0 Å². The number of nitrogens with zero attached hydrogens (tertiary/aromatic N) is 2. The van der Waals surface area contributed by atoms with Crippen molar-refractivity contribution in [3.63, 3.8) is 0 Å². The summed E-state index contributed by atoms with van der Waals surface area (Å²) in [6.45, 7) is 0. The van der Waals surface area contributed by atoms with Gasteiger partial charge in [0.25, 0.3) is 0 Å². The van der Waals surface area contributed by atoms with Gasteiger partial charge < -0.3 is 19.5 Å². The van der Waals surface area contributed by atoms with Gasteiger partial charge in [0.15, 0.2) is 10.1 Å². The molecule has 0 saturated heterocycles. The molecule has 0 bridgehead atoms. The first-order valence-electron chi connectivity index (χ1n) is 9.86. The minimum absolute atomic E-state index is 0. The van der Waals surface area contributed by atoms with Gasteiger partial charge in [0.1, 0.15) is 0 Å². The fourth-order valence-electron chi connectivity index (χ4n) is 3.17. The van der Waals surface area contributed by atoms with Crippen LogP contribution in [0, 0.1) is 0 Å². The van der Waals surface area contributed by atoms with Crippen LogP contribution >= 0.6 is 0 Å². The van der Waals surface area contributed by atoms with Crippen LogP contribution in [0.2, 0.25) is 0 Å². The van der Waals surface area contributed by atoms with Crippen LogP contribution in [0.5, 0.6) is 0 Å². The average molecular weight is 648 g/mol. The number of esters is 2. The maximum atomic E-state index is 12.3. The summed E-state index contributed by atoms with van der Waals surface area (Å²) in [5.74, 6) is -0.928. The minimum Gasteiger partial charge on any atom is -0.741 e. The Hall–Kier alpha value is -3.40. The zero-order chi connectivity index (χ0) is 26.7. The van der Waals surface area contributed by atoms with E-state index in [2.05, 4.69) is 9.97 Å². The third-order valence-electron chi connectivity index (χ3n) is 4.79. The molecule has 15 heteroatoms. The smallest absolute Gasteiger partial charge is 0.741 e. The SMILES string of the molecule is COC(=O)c1cc(-c2cc(C(=O)OC)c3ccccc3n2)nc2ccccc12.O=S(=O)([O-])C(F)(F)F.[Ag+].[OH3+]. The van der Waals surface area contributed by atoms with Crippen LogP contribution in [0.3, 0.4) is 0 Å². The van der Waals surface area contributed by atoms with E-state index in [9.17, 15) is 22.8 Å². The van der Waals surface area contributed by atoms with E-state index in [0.29, 0.717) is 44.3 Å². The first kappa shape index (κ1) is 32.6. The maximum Gasteiger partial charge on any atom is 1.00 e. The number of alkyl halides is 3. The number of halogens is 3. The molecular formula is C23H19AgF3N2O8S+. The quantitative estimate of drug-likeness (QED) is 0.107. The molecule has 0 saturated carbocycles. The largest absolute Gasteiger partial charge is 1.00 e. The van der Waals surface area contributed by atoms with Gasteiger partial charge in [-0.25, -0.2) is 28.0 Å². The Morgan fingerprint density at radius 3 is 1.39 bits per heavy atom. The summed E-state index contributed by atoms with van der Waals surface area (Å²) in [5, 5.41) is 1.37. The van der Waals surface area contributed by atoms with Crippen molar-refractivity contribution in [1.29, 1.82) is 0 Å². The number of carbonyl (C=O) groups is 2. The number of fused-ring (bicyclic) bond motifs is 2. The third-order valence-corrected chi connectivity index (χ3v) is 5.36. The van der Waals surface area contributed by atoms with Crippen molar-refractivity contribution in [3.05, 3.63) is 71.8 Å². The van der Waals surface area contributed by atoms with Crippen molar-refractivity contribution in [3.8, 4) is 11.4 Å². The fourth-order valence-corrected chi connectivity index (χ4v) is 3.17. The molecule has 3 N–H and O–H groups in total. The summed E-state index contributed by atoms with van der Waals surface area (Å²) >= 11 is 0. The molecule has 0 aliphatic heterocycles. The number of pyridine rings is 2. The van der Waals surface area contributed by atoms with Crippen LogP contribution < -0.4 is 0 Å². The van der Waals surface area contributed by atoms with Gasteiger partial charge in [-0.2, -0.15) is 13.2 Å². The molecule has 0 aliphatic rings. The van der Waals surface area contributed by atoms with Gasteiger partial charge in [-0.1, -0.05) is 36.4 Å². The van der Waals surface area contributed by atoms with Gasteiger partial charge in [-0.15, -0.1) is 0 Å². The summed E-state index contributed by atoms with van der Waals surface area (Å²) in [6, 6.07) is 17.9. The Bertz CT molecular complexity index is 1480. The molecule has 0 amide bonds. The van der Waals surface area contributed by atoms with E-state index >= 15 is 0 Å². The average Bonchev–Trinajstić information content (AvgIpc) is 2.85. The Kier molecular flexibility index (Phi) is 11.1. The van der Waals surface area contributed by atoms with Gasteiger partial charge >= 0.3 is 39.8 Å². The Morgan fingerprint density at radius 1 is 0.789 bits per heavy atom. The topological polar surface area (TPSA) is 169 Å². The zero-order valence-corrected chi connectivity index (χ0v) is 21.7. The second-order valence-electron chi connectivity index (χ2n) is 7.03. The summed E-state index contributed by atoms with van der Waals surface area (Å²) in [5.41, 5.74) is -2.67. The molecule has 2 aromatic carbocycles. The summed E-state index contributed by atoms with van der Waals surface area (Å²) in [4.78, 5) is 33.9. The number of ether oxygens (including phenoxy) is 2. The molecule has 206 valence electrons. The van der Waals surface area contributed by atoms with E-state index < -0.39 is 27.6 Å². The van der Waals surface area contributed by atoms with Gasteiger partial charge in [0.2, 0.25) is 0 Å². The van der Waals surface area contributed by atoms with Crippen molar-refractivity contribution in [1.82, 2.24) is 9.97 Å². The van der Waals surface area contributed by atoms with E-state index in [4.69, 9.17) is 22.4 Å². The normalized spacial score (nSPS) is 10.9. The molecule has 2 aromatic heterocycles. The van der Waals surface area contributed by atoms with Crippen LogP contribution in [0.4, 0.5) is 13.2 Å². The summed E-state index contributed by atoms with van der Waals surface area (Å²) in [6.07, 6.45) is 0. The number of para-hydroxylation sites is 2. The van der Waals surface area contributed by atoms with Crippen LogP contribution in [-0.4, -0.2) is 54.6 Å². The monoisotopic (exact) mass is 647 g/mol. The second-order valence-corrected chi connectivity index (χ2v) is 8.40. The van der Waals surface area contributed by atoms with Crippen molar-refractivity contribution in [2.75, 3.05) is 14.2 Å². The van der Waals surface area contributed by atoms with Gasteiger partial charge in [-0.3, -0.25) is 0 Å². The van der Waals surface area contributed by atoms with Crippen LogP contribution in [0.15, 0.2) is 60.7 Å². The van der Waals surface area contributed by atoms with E-state index in [-0.39, 0.29) is 27.9 Å². The standard InChI is InChI=1S/C22H16N2O4.CHF3O3S.Ag.H2O/c1-27-21(25)15-11-19(23-17-9-5-3-7-13(15)17)20-12-16(22(26)28-2)14-8-4-6-10-18(14)24-20;2-1(3,4)8(5,6)7;;/h3-12H,1-2H3;(H,5,6,7);;1H2/q;;+1;. The second kappa shape index (κ2) is 12.9. The van der Waals surface area contributed by atoms with Crippen molar-refractivity contribution >= 4 is 43.9 Å². The number of aromatic nitrogens is 2. The minimum atomic E-state index is -6.09. The number of methoxy groups -OCH3 is 2. The van der Waals surface area contributed by atoms with E-state index in [1.807, 2.05) is 48.5 Å². The number of hydrogen-bond donors (Lipinski definition) is 0. The van der Waals surface area contributed by atoms with E-state index in [1.54, 1.807) is 12.1 Å². The van der Waals surface area contributed by atoms with Crippen molar-refractivity contribution in [2.24, 2.45) is 0 Å². The maximum absolute atomic E-state index is 12.3. The molecule has 4 rings (SSSR count). The molecule has 0 atom stereocenters. The number of rotatable bonds is 3. The van der Waals surface area contributed by atoms with Gasteiger partial charge in [0, 0.05) is 10.8 Å². The molecule has 2 heterocycles. The molecule has 0 fully saturated rings.